The zero-order chi connectivity index (χ0) is 11.3. The highest BCUT2D eigenvalue weighted by Gasteiger charge is 2.22. The van der Waals surface area contributed by atoms with Gasteiger partial charge in [-0.3, -0.25) is 4.98 Å². The van der Waals surface area contributed by atoms with Crippen molar-refractivity contribution in [2.75, 3.05) is 6.61 Å². The molecule has 15 heavy (non-hydrogen) atoms. The van der Waals surface area contributed by atoms with Crippen molar-refractivity contribution in [2.45, 2.75) is 33.8 Å². The fourth-order valence-electron chi connectivity index (χ4n) is 1.33. The molecule has 0 bridgehead atoms. The summed E-state index contributed by atoms with van der Waals surface area (Å²) in [6.07, 6.45) is 1.93. The van der Waals surface area contributed by atoms with Crippen LogP contribution < -0.4 is 5.46 Å². The second kappa shape index (κ2) is 5.88. The summed E-state index contributed by atoms with van der Waals surface area (Å²) in [5, 5.41) is 0. The Morgan fingerprint density at radius 2 is 2.20 bits per heavy atom. The van der Waals surface area contributed by atoms with Gasteiger partial charge in [0.15, 0.2) is 0 Å². The summed E-state index contributed by atoms with van der Waals surface area (Å²) < 4.78 is 11.2. The van der Waals surface area contributed by atoms with Crippen molar-refractivity contribution in [1.82, 2.24) is 4.98 Å². The van der Waals surface area contributed by atoms with E-state index in [-0.39, 0.29) is 13.2 Å². The predicted molar refractivity (Wildman–Crippen MR) is 62.2 cm³/mol. The lowest BCUT2D eigenvalue weighted by molar-refractivity contribution is 0.172. The maximum atomic E-state index is 5.68. The Hall–Kier alpha value is -0.865. The molecule has 4 heteroatoms. The van der Waals surface area contributed by atoms with Crippen molar-refractivity contribution in [3.05, 3.63) is 24.0 Å². The zero-order valence-electron chi connectivity index (χ0n) is 9.86. The van der Waals surface area contributed by atoms with Gasteiger partial charge >= 0.3 is 7.12 Å². The number of aromatic nitrogens is 1. The Balaban J connectivity index is 2.78. The smallest absolute Gasteiger partial charge is 0.408 e. The van der Waals surface area contributed by atoms with E-state index in [1.807, 2.05) is 39.8 Å². The molecule has 0 saturated heterocycles. The summed E-state index contributed by atoms with van der Waals surface area (Å²) in [5.41, 5.74) is 2.00. The van der Waals surface area contributed by atoms with Gasteiger partial charge < -0.3 is 9.31 Å². The number of aryl methyl sites for hydroxylation is 1. The SMILES string of the molecule is CCOB(OC(C)C)c1ccnc(C)c1. The number of hydrogen-bond acceptors (Lipinski definition) is 3. The molecule has 1 rings (SSSR count). The second-order valence-electron chi connectivity index (χ2n) is 3.70. The molecule has 0 aliphatic carbocycles. The summed E-state index contributed by atoms with van der Waals surface area (Å²) in [6.45, 7) is 8.56. The first-order valence-corrected chi connectivity index (χ1v) is 5.33. The third-order valence-electron chi connectivity index (χ3n) is 1.91. The van der Waals surface area contributed by atoms with E-state index in [1.165, 1.54) is 0 Å². The molecule has 0 atom stereocenters. The molecular formula is C11H18BNO2. The fraction of sp³-hybridized carbons (Fsp3) is 0.545. The molecule has 0 amide bonds. The minimum atomic E-state index is -0.281. The molecule has 0 fully saturated rings. The van der Waals surface area contributed by atoms with Gasteiger partial charge in [0.2, 0.25) is 0 Å². The van der Waals surface area contributed by atoms with Gasteiger partial charge in [0.25, 0.3) is 0 Å². The van der Waals surface area contributed by atoms with Crippen LogP contribution >= 0.6 is 0 Å². The molecule has 3 nitrogen and oxygen atoms in total. The van der Waals surface area contributed by atoms with E-state index in [9.17, 15) is 0 Å². The van der Waals surface area contributed by atoms with Gasteiger partial charge in [0, 0.05) is 24.6 Å². The van der Waals surface area contributed by atoms with Crippen LogP contribution in [-0.2, 0) is 9.31 Å². The zero-order valence-corrected chi connectivity index (χ0v) is 9.86. The van der Waals surface area contributed by atoms with E-state index in [0.29, 0.717) is 6.61 Å². The molecular weight excluding hydrogens is 189 g/mol. The third kappa shape index (κ3) is 4.02. The summed E-state index contributed by atoms with van der Waals surface area (Å²) in [7, 11) is -0.281. The summed E-state index contributed by atoms with van der Waals surface area (Å²) >= 11 is 0. The molecule has 0 N–H and O–H groups in total. The van der Waals surface area contributed by atoms with Crippen LogP contribution in [-0.4, -0.2) is 24.8 Å². The van der Waals surface area contributed by atoms with Gasteiger partial charge in [0.05, 0.1) is 0 Å². The van der Waals surface area contributed by atoms with E-state index in [4.69, 9.17) is 9.31 Å². The van der Waals surface area contributed by atoms with Crippen LogP contribution in [0.15, 0.2) is 18.3 Å². The summed E-state index contributed by atoms with van der Waals surface area (Å²) in [6, 6.07) is 3.92. The Labute approximate surface area is 92.0 Å². The molecule has 0 aliphatic heterocycles. The van der Waals surface area contributed by atoms with Crippen LogP contribution in [0.2, 0.25) is 0 Å². The van der Waals surface area contributed by atoms with Gasteiger partial charge in [-0.15, -0.1) is 0 Å². The van der Waals surface area contributed by atoms with Crippen molar-refractivity contribution in [3.8, 4) is 0 Å². The van der Waals surface area contributed by atoms with Gasteiger partial charge in [-0.25, -0.2) is 0 Å². The van der Waals surface area contributed by atoms with E-state index in [2.05, 4.69) is 4.98 Å². The van der Waals surface area contributed by atoms with E-state index in [0.717, 1.165) is 11.2 Å². The molecule has 1 aromatic heterocycles. The van der Waals surface area contributed by atoms with Crippen LogP contribution in [0.5, 0.6) is 0 Å². The van der Waals surface area contributed by atoms with Gasteiger partial charge in [0.1, 0.15) is 0 Å². The van der Waals surface area contributed by atoms with E-state index < -0.39 is 0 Å². The van der Waals surface area contributed by atoms with Gasteiger partial charge in [-0.05, 0) is 45.3 Å². The number of rotatable bonds is 5. The largest absolute Gasteiger partial charge is 0.494 e. The molecule has 82 valence electrons. The normalized spacial score (nSPS) is 10.7. The Morgan fingerprint density at radius 3 is 2.73 bits per heavy atom. The lowest BCUT2D eigenvalue weighted by Gasteiger charge is -2.16. The summed E-state index contributed by atoms with van der Waals surface area (Å²) in [5.74, 6) is 0. The molecule has 0 radical (unpaired) electrons. The highest BCUT2D eigenvalue weighted by molar-refractivity contribution is 6.61. The Morgan fingerprint density at radius 1 is 1.47 bits per heavy atom. The van der Waals surface area contributed by atoms with Crippen LogP contribution in [0, 0.1) is 6.92 Å². The van der Waals surface area contributed by atoms with Crippen LogP contribution in [0.25, 0.3) is 0 Å². The topological polar surface area (TPSA) is 31.4 Å². The monoisotopic (exact) mass is 207 g/mol. The Kier molecular flexibility index (Phi) is 4.79. The van der Waals surface area contributed by atoms with Crippen LogP contribution in [0.3, 0.4) is 0 Å². The summed E-state index contributed by atoms with van der Waals surface area (Å²) in [4.78, 5) is 4.15. The first-order valence-electron chi connectivity index (χ1n) is 5.33. The third-order valence-corrected chi connectivity index (χ3v) is 1.91. The van der Waals surface area contributed by atoms with Crippen LogP contribution in [0.1, 0.15) is 26.5 Å². The highest BCUT2D eigenvalue weighted by Crippen LogP contribution is 1.98. The fourth-order valence-corrected chi connectivity index (χ4v) is 1.33. The first kappa shape index (κ1) is 12.2. The Bertz CT molecular complexity index is 304. The van der Waals surface area contributed by atoms with Crippen molar-refractivity contribution in [2.24, 2.45) is 0 Å². The van der Waals surface area contributed by atoms with E-state index in [1.54, 1.807) is 6.20 Å². The average molecular weight is 207 g/mol. The lowest BCUT2D eigenvalue weighted by atomic mass is 9.78. The molecule has 0 unspecified atom stereocenters. The van der Waals surface area contributed by atoms with Gasteiger partial charge in [-0.1, -0.05) is 0 Å². The molecule has 0 aromatic carbocycles. The van der Waals surface area contributed by atoms with Gasteiger partial charge in [-0.2, -0.15) is 0 Å². The predicted octanol–water partition coefficient (Wildman–Crippen LogP) is 1.55. The standard InChI is InChI=1S/C11H18BNO2/c1-5-14-12(15-9(2)3)11-6-7-13-10(4)8-11/h6-9H,5H2,1-4H3. The molecule has 1 aromatic rings. The maximum Gasteiger partial charge on any atom is 0.494 e. The minimum absolute atomic E-state index is 0.148. The van der Waals surface area contributed by atoms with Crippen molar-refractivity contribution in [3.63, 3.8) is 0 Å². The number of nitrogens with zero attached hydrogens (tertiary/aromatic N) is 1. The average Bonchev–Trinajstić information content (AvgIpc) is 2.16. The van der Waals surface area contributed by atoms with Crippen molar-refractivity contribution < 1.29 is 9.31 Å². The molecule has 0 spiro atoms. The van der Waals surface area contributed by atoms with Crippen LogP contribution in [0.4, 0.5) is 0 Å². The minimum Gasteiger partial charge on any atom is -0.408 e. The van der Waals surface area contributed by atoms with Crippen molar-refractivity contribution in [1.29, 1.82) is 0 Å². The first-order chi connectivity index (χ1) is 7.13. The lowest BCUT2D eigenvalue weighted by Crippen LogP contribution is -2.39. The molecule has 0 aliphatic rings. The maximum absolute atomic E-state index is 5.68. The number of hydrogen-bond donors (Lipinski definition) is 0. The highest BCUT2D eigenvalue weighted by atomic mass is 16.6. The molecule has 1 heterocycles. The van der Waals surface area contributed by atoms with Crippen molar-refractivity contribution >= 4 is 12.6 Å². The quantitative estimate of drug-likeness (QED) is 0.686. The van der Waals surface area contributed by atoms with E-state index >= 15 is 0 Å². The number of pyridine rings is 1. The second-order valence-corrected chi connectivity index (χ2v) is 3.70. The molecule has 0 saturated carbocycles.